The molecule has 5 heteroatoms. The van der Waals surface area contributed by atoms with E-state index in [1.807, 2.05) is 12.1 Å². The summed E-state index contributed by atoms with van der Waals surface area (Å²) in [5.74, 6) is -0.0736. The highest BCUT2D eigenvalue weighted by molar-refractivity contribution is 9.11. The first-order valence-corrected chi connectivity index (χ1v) is 4.71. The van der Waals surface area contributed by atoms with E-state index in [-0.39, 0.29) is 21.3 Å². The second-order valence-electron chi connectivity index (χ2n) is 2.17. The third-order valence-electron chi connectivity index (χ3n) is 1.43. The Morgan fingerprint density at radius 1 is 1.23 bits per heavy atom. The van der Waals surface area contributed by atoms with Crippen molar-refractivity contribution in [2.24, 2.45) is 0 Å². The molecule has 1 rings (SSSR count). The highest BCUT2D eigenvalue weighted by Crippen LogP contribution is 2.36. The van der Waals surface area contributed by atoms with Crippen LogP contribution in [0.3, 0.4) is 0 Å². The molecule has 64 valence electrons. The Labute approximate surface area is 91.5 Å². The number of phenolic OH excluding ortho intramolecular Hbond substituents is 1. The number of aromatic hydroxyl groups is 1. The van der Waals surface area contributed by atoms with E-state index in [1.54, 1.807) is 0 Å². The van der Waals surface area contributed by atoms with Gasteiger partial charge in [-0.1, -0.05) is 0 Å². The van der Waals surface area contributed by atoms with E-state index < -0.39 is 0 Å². The third kappa shape index (κ3) is 1.67. The maximum Gasteiger partial charge on any atom is 0.145 e. The molecule has 0 saturated carbocycles. The molecule has 3 nitrogen and oxygen atoms in total. The Kier molecular flexibility index (Phi) is 2.92. The van der Waals surface area contributed by atoms with Crippen molar-refractivity contribution in [3.05, 3.63) is 26.1 Å². The number of rotatable bonds is 0. The van der Waals surface area contributed by atoms with E-state index in [4.69, 9.17) is 10.5 Å². The van der Waals surface area contributed by atoms with Crippen LogP contribution in [0.15, 0.2) is 15.0 Å². The molecular formula is C8H2Br2N2O. The average molecular weight is 302 g/mol. The standard InChI is InChI=1S/C8H2Br2N2O/c9-6-1-4(2-11)5(3-12)7(10)8(6)13/h1,13H. The Hall–Kier alpha value is -1.04. The summed E-state index contributed by atoms with van der Waals surface area (Å²) in [5.41, 5.74) is 0.363. The molecule has 0 aromatic heterocycles. The summed E-state index contributed by atoms with van der Waals surface area (Å²) in [4.78, 5) is 0. The molecule has 0 heterocycles. The first-order chi connectivity index (χ1) is 6.11. The van der Waals surface area contributed by atoms with Crippen LogP contribution in [0.2, 0.25) is 0 Å². The highest BCUT2D eigenvalue weighted by atomic mass is 79.9. The number of nitrogens with zero attached hydrogens (tertiary/aromatic N) is 2. The van der Waals surface area contributed by atoms with Crippen molar-refractivity contribution < 1.29 is 5.11 Å². The Balaban J connectivity index is 3.63. The molecule has 0 radical (unpaired) electrons. The molecular weight excluding hydrogens is 300 g/mol. The van der Waals surface area contributed by atoms with Crippen molar-refractivity contribution in [2.75, 3.05) is 0 Å². The van der Waals surface area contributed by atoms with E-state index in [1.165, 1.54) is 6.07 Å². The molecule has 0 spiro atoms. The highest BCUT2D eigenvalue weighted by Gasteiger charge is 2.13. The molecule has 0 bridgehead atoms. The Morgan fingerprint density at radius 3 is 2.31 bits per heavy atom. The van der Waals surface area contributed by atoms with Gasteiger partial charge in [0, 0.05) is 0 Å². The number of phenols is 1. The van der Waals surface area contributed by atoms with Crippen LogP contribution in [-0.4, -0.2) is 5.11 Å². The van der Waals surface area contributed by atoms with Crippen LogP contribution in [-0.2, 0) is 0 Å². The van der Waals surface area contributed by atoms with E-state index in [0.717, 1.165) is 0 Å². The lowest BCUT2D eigenvalue weighted by molar-refractivity contribution is 0.468. The molecule has 0 saturated heterocycles. The fraction of sp³-hybridized carbons (Fsp3) is 0. The van der Waals surface area contributed by atoms with Crippen LogP contribution in [0.1, 0.15) is 11.1 Å². The van der Waals surface area contributed by atoms with Crippen molar-refractivity contribution in [1.82, 2.24) is 0 Å². The predicted octanol–water partition coefficient (Wildman–Crippen LogP) is 2.66. The summed E-state index contributed by atoms with van der Waals surface area (Å²) in [6, 6.07) is 5.10. The smallest absolute Gasteiger partial charge is 0.145 e. The second kappa shape index (κ2) is 3.78. The van der Waals surface area contributed by atoms with Gasteiger partial charge in [0.25, 0.3) is 0 Å². The van der Waals surface area contributed by atoms with Gasteiger partial charge in [-0.15, -0.1) is 0 Å². The molecule has 0 atom stereocenters. The van der Waals surface area contributed by atoms with Gasteiger partial charge in [-0.2, -0.15) is 10.5 Å². The molecule has 0 unspecified atom stereocenters. The van der Waals surface area contributed by atoms with Crippen LogP contribution in [0.4, 0.5) is 0 Å². The van der Waals surface area contributed by atoms with E-state index in [0.29, 0.717) is 4.47 Å². The zero-order valence-corrected chi connectivity index (χ0v) is 9.35. The average Bonchev–Trinajstić information content (AvgIpc) is 2.13. The summed E-state index contributed by atoms with van der Waals surface area (Å²) in [6.45, 7) is 0. The van der Waals surface area contributed by atoms with Crippen LogP contribution in [0.5, 0.6) is 5.75 Å². The van der Waals surface area contributed by atoms with Gasteiger partial charge in [-0.3, -0.25) is 0 Å². The van der Waals surface area contributed by atoms with Crippen molar-refractivity contribution in [1.29, 1.82) is 10.5 Å². The molecule has 0 amide bonds. The quantitative estimate of drug-likeness (QED) is 0.801. The van der Waals surface area contributed by atoms with Gasteiger partial charge in [-0.25, -0.2) is 0 Å². The lowest BCUT2D eigenvalue weighted by Gasteiger charge is -2.03. The summed E-state index contributed by atoms with van der Waals surface area (Å²) >= 11 is 6.09. The number of hydrogen-bond acceptors (Lipinski definition) is 3. The van der Waals surface area contributed by atoms with Crippen molar-refractivity contribution in [3.8, 4) is 17.9 Å². The van der Waals surface area contributed by atoms with Crippen molar-refractivity contribution in [3.63, 3.8) is 0 Å². The minimum atomic E-state index is -0.0736. The van der Waals surface area contributed by atoms with Gasteiger partial charge in [-0.05, 0) is 37.9 Å². The SMILES string of the molecule is N#Cc1cc(Br)c(O)c(Br)c1C#N. The summed E-state index contributed by atoms with van der Waals surface area (Å²) < 4.78 is 0.621. The maximum atomic E-state index is 9.38. The lowest BCUT2D eigenvalue weighted by atomic mass is 10.1. The van der Waals surface area contributed by atoms with Gasteiger partial charge in [0.15, 0.2) is 0 Å². The van der Waals surface area contributed by atoms with Crippen molar-refractivity contribution >= 4 is 31.9 Å². The normalized spacial score (nSPS) is 8.92. The first kappa shape index (κ1) is 10.0. The second-order valence-corrected chi connectivity index (χ2v) is 3.81. The number of nitriles is 2. The molecule has 1 aromatic rings. The lowest BCUT2D eigenvalue weighted by Crippen LogP contribution is -1.87. The minimum absolute atomic E-state index is 0.0736. The van der Waals surface area contributed by atoms with E-state index >= 15 is 0 Å². The molecule has 0 aliphatic carbocycles. The number of benzene rings is 1. The molecule has 0 fully saturated rings. The zero-order chi connectivity index (χ0) is 10.0. The largest absolute Gasteiger partial charge is 0.506 e. The van der Waals surface area contributed by atoms with Crippen LogP contribution in [0, 0.1) is 22.7 Å². The van der Waals surface area contributed by atoms with Gasteiger partial charge < -0.3 is 5.11 Å². The molecule has 1 N–H and O–H groups in total. The minimum Gasteiger partial charge on any atom is -0.506 e. The monoisotopic (exact) mass is 300 g/mol. The predicted molar refractivity (Wildman–Crippen MR) is 52.9 cm³/mol. The summed E-state index contributed by atoms with van der Waals surface area (Å²) in [7, 11) is 0. The Morgan fingerprint density at radius 2 is 1.85 bits per heavy atom. The molecule has 0 aliphatic rings. The van der Waals surface area contributed by atoms with Crippen molar-refractivity contribution in [2.45, 2.75) is 0 Å². The zero-order valence-electron chi connectivity index (χ0n) is 6.17. The van der Waals surface area contributed by atoms with Gasteiger partial charge in [0.05, 0.1) is 20.1 Å². The fourth-order valence-electron chi connectivity index (χ4n) is 0.806. The molecule has 1 aromatic carbocycles. The summed E-state index contributed by atoms with van der Waals surface area (Å²) in [5, 5.41) is 26.7. The third-order valence-corrected chi connectivity index (χ3v) is 2.80. The van der Waals surface area contributed by atoms with Crippen LogP contribution in [0.25, 0.3) is 0 Å². The Bertz CT molecular complexity index is 443. The number of hydrogen-bond donors (Lipinski definition) is 1. The van der Waals surface area contributed by atoms with Gasteiger partial charge in [0.1, 0.15) is 17.9 Å². The fourth-order valence-corrected chi connectivity index (χ4v) is 2.02. The van der Waals surface area contributed by atoms with Crippen LogP contribution < -0.4 is 0 Å². The van der Waals surface area contributed by atoms with E-state index in [2.05, 4.69) is 31.9 Å². The molecule has 0 aliphatic heterocycles. The first-order valence-electron chi connectivity index (χ1n) is 3.13. The maximum absolute atomic E-state index is 9.38. The van der Waals surface area contributed by atoms with Gasteiger partial charge in [0.2, 0.25) is 0 Å². The summed E-state index contributed by atoms with van der Waals surface area (Å²) in [6.07, 6.45) is 0. The number of halogens is 2. The topological polar surface area (TPSA) is 67.8 Å². The molecule has 13 heavy (non-hydrogen) atoms. The van der Waals surface area contributed by atoms with Crippen LogP contribution >= 0.6 is 31.9 Å². The van der Waals surface area contributed by atoms with E-state index in [9.17, 15) is 5.11 Å². The van der Waals surface area contributed by atoms with Gasteiger partial charge >= 0.3 is 0 Å².